The van der Waals surface area contributed by atoms with Gasteiger partial charge in [0, 0.05) is 19.6 Å². The van der Waals surface area contributed by atoms with E-state index in [1.807, 2.05) is 18.7 Å². The van der Waals surface area contributed by atoms with Crippen molar-refractivity contribution in [2.45, 2.75) is 39.2 Å². The fraction of sp³-hybridized carbons (Fsp3) is 0.688. The van der Waals surface area contributed by atoms with E-state index in [2.05, 4.69) is 4.98 Å². The number of hydrogen-bond acceptors (Lipinski definition) is 5. The summed E-state index contributed by atoms with van der Waals surface area (Å²) in [4.78, 5) is 33.9. The zero-order chi connectivity index (χ0) is 16.4. The van der Waals surface area contributed by atoms with Crippen molar-refractivity contribution >= 4 is 23.2 Å². The Morgan fingerprint density at radius 2 is 1.87 bits per heavy atom. The maximum Gasteiger partial charge on any atom is 0.266 e. The molecule has 2 aliphatic heterocycles. The van der Waals surface area contributed by atoms with Gasteiger partial charge in [-0.15, -0.1) is 11.3 Å². The summed E-state index contributed by atoms with van der Waals surface area (Å²) in [6, 6.07) is 0. The number of thiazole rings is 1. The molecule has 2 aliphatic rings. The fourth-order valence-corrected chi connectivity index (χ4v) is 4.06. The standard InChI is InChI=1S/C16H23N3O3S/c1-11-14(23-12(2)17-11)16(21)19-8-9-22-13(10-19)15(20)18-6-4-3-5-7-18/h13H,3-10H2,1-2H3. The van der Waals surface area contributed by atoms with Gasteiger partial charge in [0.2, 0.25) is 0 Å². The number of aromatic nitrogens is 1. The van der Waals surface area contributed by atoms with Gasteiger partial charge in [-0.1, -0.05) is 0 Å². The molecule has 0 aliphatic carbocycles. The number of amides is 2. The fourth-order valence-electron chi connectivity index (χ4n) is 3.17. The van der Waals surface area contributed by atoms with Crippen LogP contribution in [0.4, 0.5) is 0 Å². The summed E-state index contributed by atoms with van der Waals surface area (Å²) in [6.45, 7) is 6.64. The molecular formula is C16H23N3O3S. The SMILES string of the molecule is Cc1nc(C)c(C(=O)N2CCOC(C(=O)N3CCCCC3)C2)s1. The lowest BCUT2D eigenvalue weighted by Gasteiger charge is -2.36. The first-order chi connectivity index (χ1) is 11.1. The van der Waals surface area contributed by atoms with Crippen molar-refractivity contribution in [2.24, 2.45) is 0 Å². The van der Waals surface area contributed by atoms with Gasteiger partial charge < -0.3 is 14.5 Å². The summed E-state index contributed by atoms with van der Waals surface area (Å²) in [5.74, 6) is -0.00717. The van der Waals surface area contributed by atoms with Crippen molar-refractivity contribution in [3.63, 3.8) is 0 Å². The van der Waals surface area contributed by atoms with Crippen LogP contribution in [0.3, 0.4) is 0 Å². The molecule has 1 aromatic heterocycles. The Bertz CT molecular complexity index is 595. The molecule has 0 radical (unpaired) electrons. The van der Waals surface area contributed by atoms with E-state index in [-0.39, 0.29) is 11.8 Å². The summed E-state index contributed by atoms with van der Waals surface area (Å²) in [6.07, 6.45) is 2.77. The zero-order valence-corrected chi connectivity index (χ0v) is 14.5. The van der Waals surface area contributed by atoms with Gasteiger partial charge in [-0.05, 0) is 33.1 Å². The molecule has 7 heteroatoms. The third-order valence-electron chi connectivity index (χ3n) is 4.39. The highest BCUT2D eigenvalue weighted by Crippen LogP contribution is 2.21. The first-order valence-electron chi connectivity index (χ1n) is 8.20. The Balaban J connectivity index is 1.66. The molecule has 2 amide bonds. The number of carbonyl (C=O) groups is 2. The van der Waals surface area contributed by atoms with Crippen molar-refractivity contribution in [2.75, 3.05) is 32.8 Å². The number of hydrogen-bond donors (Lipinski definition) is 0. The molecule has 3 rings (SSSR count). The van der Waals surface area contributed by atoms with Crippen LogP contribution in [0.2, 0.25) is 0 Å². The van der Waals surface area contributed by atoms with Crippen LogP contribution >= 0.6 is 11.3 Å². The van der Waals surface area contributed by atoms with Crippen LogP contribution in [-0.2, 0) is 9.53 Å². The Kier molecular flexibility index (Phi) is 4.96. The lowest BCUT2D eigenvalue weighted by Crippen LogP contribution is -2.53. The van der Waals surface area contributed by atoms with Gasteiger partial charge in [-0.2, -0.15) is 0 Å². The van der Waals surface area contributed by atoms with Gasteiger partial charge in [0.15, 0.2) is 6.10 Å². The number of morpholine rings is 1. The van der Waals surface area contributed by atoms with Crippen LogP contribution in [0.25, 0.3) is 0 Å². The molecule has 2 fully saturated rings. The van der Waals surface area contributed by atoms with E-state index in [1.165, 1.54) is 17.8 Å². The van der Waals surface area contributed by atoms with Crippen molar-refractivity contribution in [3.8, 4) is 0 Å². The van der Waals surface area contributed by atoms with Crippen molar-refractivity contribution < 1.29 is 14.3 Å². The number of carbonyl (C=O) groups excluding carboxylic acids is 2. The average Bonchev–Trinajstić information content (AvgIpc) is 2.93. The topological polar surface area (TPSA) is 62.7 Å². The molecule has 0 N–H and O–H groups in total. The highest BCUT2D eigenvalue weighted by molar-refractivity contribution is 7.13. The van der Waals surface area contributed by atoms with E-state index in [4.69, 9.17) is 4.74 Å². The highest BCUT2D eigenvalue weighted by Gasteiger charge is 2.33. The normalized spacial score (nSPS) is 22.3. The molecule has 1 aromatic rings. The van der Waals surface area contributed by atoms with Crippen LogP contribution in [0.5, 0.6) is 0 Å². The van der Waals surface area contributed by atoms with Gasteiger partial charge in [0.1, 0.15) is 4.88 Å². The van der Waals surface area contributed by atoms with Crippen LogP contribution in [0.1, 0.15) is 39.6 Å². The van der Waals surface area contributed by atoms with Crippen LogP contribution in [-0.4, -0.2) is 65.5 Å². The molecular weight excluding hydrogens is 314 g/mol. The van der Waals surface area contributed by atoms with Crippen molar-refractivity contribution in [1.29, 1.82) is 0 Å². The summed E-state index contributed by atoms with van der Waals surface area (Å²) < 4.78 is 5.65. The number of likely N-dealkylation sites (tertiary alicyclic amines) is 1. The second-order valence-electron chi connectivity index (χ2n) is 6.14. The van der Waals surface area contributed by atoms with E-state index in [9.17, 15) is 9.59 Å². The second-order valence-corrected chi connectivity index (χ2v) is 7.35. The molecule has 2 saturated heterocycles. The number of nitrogens with zero attached hydrogens (tertiary/aromatic N) is 3. The second kappa shape index (κ2) is 6.97. The van der Waals surface area contributed by atoms with Gasteiger partial charge in [-0.25, -0.2) is 4.98 Å². The van der Waals surface area contributed by atoms with E-state index in [0.717, 1.165) is 36.6 Å². The predicted octanol–water partition coefficient (Wildman–Crippen LogP) is 1.61. The first kappa shape index (κ1) is 16.4. The molecule has 1 atom stereocenters. The summed E-state index contributed by atoms with van der Waals surface area (Å²) in [5.41, 5.74) is 0.767. The Morgan fingerprint density at radius 1 is 1.13 bits per heavy atom. The summed E-state index contributed by atoms with van der Waals surface area (Å²) >= 11 is 1.42. The van der Waals surface area contributed by atoms with Crippen LogP contribution in [0.15, 0.2) is 0 Å². The van der Waals surface area contributed by atoms with Gasteiger partial charge in [0.05, 0.1) is 23.9 Å². The predicted molar refractivity (Wildman–Crippen MR) is 87.7 cm³/mol. The number of aryl methyl sites for hydroxylation is 2. The minimum atomic E-state index is -0.528. The lowest BCUT2D eigenvalue weighted by molar-refractivity contribution is -0.149. The first-order valence-corrected chi connectivity index (χ1v) is 9.01. The number of piperidine rings is 1. The highest BCUT2D eigenvalue weighted by atomic mass is 32.1. The molecule has 0 saturated carbocycles. The minimum absolute atomic E-state index is 0.0272. The smallest absolute Gasteiger partial charge is 0.266 e. The minimum Gasteiger partial charge on any atom is -0.365 e. The van der Waals surface area contributed by atoms with E-state index < -0.39 is 6.10 Å². The van der Waals surface area contributed by atoms with Gasteiger partial charge in [0.25, 0.3) is 11.8 Å². The summed E-state index contributed by atoms with van der Waals surface area (Å²) in [7, 11) is 0. The third-order valence-corrected chi connectivity index (χ3v) is 5.46. The molecule has 126 valence electrons. The Morgan fingerprint density at radius 3 is 2.52 bits per heavy atom. The van der Waals surface area contributed by atoms with Gasteiger partial charge in [-0.3, -0.25) is 9.59 Å². The molecule has 3 heterocycles. The largest absolute Gasteiger partial charge is 0.365 e. The van der Waals surface area contributed by atoms with Crippen molar-refractivity contribution in [3.05, 3.63) is 15.6 Å². The molecule has 6 nitrogen and oxygen atoms in total. The van der Waals surface area contributed by atoms with E-state index in [0.29, 0.717) is 24.6 Å². The van der Waals surface area contributed by atoms with E-state index in [1.54, 1.807) is 4.90 Å². The molecule has 1 unspecified atom stereocenters. The Hall–Kier alpha value is -1.47. The number of rotatable bonds is 2. The molecule has 23 heavy (non-hydrogen) atoms. The third kappa shape index (κ3) is 3.55. The zero-order valence-electron chi connectivity index (χ0n) is 13.7. The average molecular weight is 337 g/mol. The van der Waals surface area contributed by atoms with E-state index >= 15 is 0 Å². The lowest BCUT2D eigenvalue weighted by atomic mass is 10.1. The maximum atomic E-state index is 12.7. The summed E-state index contributed by atoms with van der Waals surface area (Å²) in [5, 5.41) is 0.889. The number of ether oxygens (including phenoxy) is 1. The Labute approximate surface area is 140 Å². The monoisotopic (exact) mass is 337 g/mol. The van der Waals surface area contributed by atoms with Crippen LogP contribution in [0, 0.1) is 13.8 Å². The molecule has 0 bridgehead atoms. The van der Waals surface area contributed by atoms with Crippen LogP contribution < -0.4 is 0 Å². The van der Waals surface area contributed by atoms with Gasteiger partial charge >= 0.3 is 0 Å². The molecule has 0 spiro atoms. The quantitative estimate of drug-likeness (QED) is 0.823. The maximum absolute atomic E-state index is 12.7. The van der Waals surface area contributed by atoms with Crippen molar-refractivity contribution in [1.82, 2.24) is 14.8 Å². The molecule has 0 aromatic carbocycles.